The number of carbonyl (C=O) groups excluding carboxylic acids is 2. The lowest BCUT2D eigenvalue weighted by Crippen LogP contribution is -2.25. The molecular weight excluding hydrogens is 316 g/mol. The summed E-state index contributed by atoms with van der Waals surface area (Å²) >= 11 is 0. The number of rotatable bonds is 4. The molecule has 0 bridgehead atoms. The van der Waals surface area contributed by atoms with Gasteiger partial charge < -0.3 is 14.6 Å². The Labute approximate surface area is 144 Å². The molecular formula is C20H16N2O3. The molecule has 1 N–H and O–H groups in total. The van der Waals surface area contributed by atoms with Gasteiger partial charge in [0.05, 0.1) is 12.0 Å². The Bertz CT molecular complexity index is 1000. The van der Waals surface area contributed by atoms with Crippen molar-refractivity contribution in [3.8, 4) is 0 Å². The summed E-state index contributed by atoms with van der Waals surface area (Å²) in [5.74, 6) is 0.359. The molecule has 0 aliphatic carbocycles. The van der Waals surface area contributed by atoms with Crippen LogP contribution >= 0.6 is 0 Å². The maximum atomic E-state index is 12.5. The van der Waals surface area contributed by atoms with Gasteiger partial charge in [-0.25, -0.2) is 0 Å². The molecule has 0 radical (unpaired) electrons. The monoisotopic (exact) mass is 332 g/mol. The summed E-state index contributed by atoms with van der Waals surface area (Å²) in [5, 5.41) is 4.63. The van der Waals surface area contributed by atoms with Gasteiger partial charge in [-0.15, -0.1) is 0 Å². The highest BCUT2D eigenvalue weighted by molar-refractivity contribution is 6.27. The topological polar surface area (TPSA) is 62.6 Å². The second kappa shape index (κ2) is 5.94. The summed E-state index contributed by atoms with van der Waals surface area (Å²) < 4.78 is 5.17. The molecule has 5 nitrogen and oxygen atoms in total. The lowest BCUT2D eigenvalue weighted by Gasteiger charge is -2.15. The van der Waals surface area contributed by atoms with Crippen LogP contribution in [0.1, 0.15) is 23.0 Å². The van der Waals surface area contributed by atoms with E-state index in [1.54, 1.807) is 29.4 Å². The predicted octanol–water partition coefficient (Wildman–Crippen LogP) is 4.06. The zero-order chi connectivity index (χ0) is 17.4. The second-order valence-electron chi connectivity index (χ2n) is 5.75. The van der Waals surface area contributed by atoms with Crippen molar-refractivity contribution < 1.29 is 14.0 Å². The summed E-state index contributed by atoms with van der Waals surface area (Å²) in [5.41, 5.74) is 2.25. The fourth-order valence-corrected chi connectivity index (χ4v) is 3.19. The van der Waals surface area contributed by atoms with Crippen molar-refractivity contribution in [3.63, 3.8) is 0 Å². The van der Waals surface area contributed by atoms with Crippen LogP contribution in [0.2, 0.25) is 0 Å². The number of hydrogen-bond donors (Lipinski definition) is 1. The first-order valence-electron chi connectivity index (χ1n) is 8.09. The molecule has 1 aromatic heterocycles. The van der Waals surface area contributed by atoms with Gasteiger partial charge in [-0.1, -0.05) is 12.1 Å². The molecule has 2 aromatic carbocycles. The highest BCUT2D eigenvalue weighted by atomic mass is 16.3. The van der Waals surface area contributed by atoms with Crippen molar-refractivity contribution in [3.05, 3.63) is 66.1 Å². The van der Waals surface area contributed by atoms with Gasteiger partial charge >= 0.3 is 0 Å². The second-order valence-corrected chi connectivity index (χ2v) is 5.75. The van der Waals surface area contributed by atoms with Gasteiger partial charge in [-0.05, 0) is 43.3 Å². The van der Waals surface area contributed by atoms with Crippen molar-refractivity contribution in [2.75, 3.05) is 16.8 Å². The molecule has 4 rings (SSSR count). The van der Waals surface area contributed by atoms with Crippen LogP contribution in [0.15, 0.2) is 59.2 Å². The van der Waals surface area contributed by atoms with Crippen LogP contribution < -0.4 is 10.2 Å². The van der Waals surface area contributed by atoms with E-state index >= 15 is 0 Å². The molecule has 0 saturated carbocycles. The van der Waals surface area contributed by atoms with E-state index in [-0.39, 0.29) is 11.8 Å². The zero-order valence-electron chi connectivity index (χ0n) is 13.7. The van der Waals surface area contributed by atoms with Gasteiger partial charge in [0.2, 0.25) is 5.91 Å². The van der Waals surface area contributed by atoms with Crippen LogP contribution in [0.4, 0.5) is 11.4 Å². The molecule has 1 aliphatic heterocycles. The standard InChI is InChI=1S/C20H16N2O3/c1-2-22-17-10-9-16(14-6-3-7-15(19(14)17)20(22)24)21-18(23)11-8-13-5-4-12-25-13/h3-12H,2H2,1H3,(H,21,23)/b11-8+. The van der Waals surface area contributed by atoms with Crippen molar-refractivity contribution >= 4 is 40.0 Å². The van der Waals surface area contributed by atoms with E-state index in [1.165, 1.54) is 6.08 Å². The number of amides is 2. The summed E-state index contributed by atoms with van der Waals surface area (Å²) in [6.07, 6.45) is 4.58. The third-order valence-corrected chi connectivity index (χ3v) is 4.30. The minimum absolute atomic E-state index is 0.00397. The fourth-order valence-electron chi connectivity index (χ4n) is 3.19. The summed E-state index contributed by atoms with van der Waals surface area (Å²) in [6.45, 7) is 2.56. The molecule has 3 aromatic rings. The van der Waals surface area contributed by atoms with Crippen molar-refractivity contribution in [2.24, 2.45) is 0 Å². The first-order valence-corrected chi connectivity index (χ1v) is 8.09. The Morgan fingerprint density at radius 1 is 1.20 bits per heavy atom. The fraction of sp³-hybridized carbons (Fsp3) is 0.100. The maximum absolute atomic E-state index is 12.5. The third kappa shape index (κ3) is 2.50. The van der Waals surface area contributed by atoms with Gasteiger partial charge in [0, 0.05) is 34.6 Å². The average molecular weight is 332 g/mol. The summed E-state index contributed by atoms with van der Waals surface area (Å²) in [4.78, 5) is 26.4. The Kier molecular flexibility index (Phi) is 3.61. The number of hydrogen-bond acceptors (Lipinski definition) is 3. The predicted molar refractivity (Wildman–Crippen MR) is 97.7 cm³/mol. The molecule has 2 heterocycles. The SMILES string of the molecule is CCN1C(=O)c2cccc3c(NC(=O)/C=C/c4ccco4)ccc1c23. The summed E-state index contributed by atoms with van der Waals surface area (Å²) in [6, 6.07) is 12.8. The van der Waals surface area contributed by atoms with Crippen LogP contribution in [0.3, 0.4) is 0 Å². The van der Waals surface area contributed by atoms with Crippen LogP contribution in [0.5, 0.6) is 0 Å². The van der Waals surface area contributed by atoms with E-state index in [9.17, 15) is 9.59 Å². The first-order chi connectivity index (χ1) is 12.2. The van der Waals surface area contributed by atoms with E-state index in [4.69, 9.17) is 4.42 Å². The van der Waals surface area contributed by atoms with Gasteiger partial charge in [0.15, 0.2) is 0 Å². The van der Waals surface area contributed by atoms with E-state index in [1.807, 2.05) is 37.3 Å². The lowest BCUT2D eigenvalue weighted by atomic mass is 10.0. The third-order valence-electron chi connectivity index (χ3n) is 4.30. The van der Waals surface area contributed by atoms with Crippen molar-refractivity contribution in [2.45, 2.75) is 6.92 Å². The Hall–Kier alpha value is -3.34. The number of furan rings is 1. The number of carbonyl (C=O) groups is 2. The minimum atomic E-state index is -0.256. The molecule has 5 heteroatoms. The van der Waals surface area contributed by atoms with Gasteiger partial charge in [0.1, 0.15) is 5.76 Å². The quantitative estimate of drug-likeness (QED) is 0.733. The number of anilines is 2. The summed E-state index contributed by atoms with van der Waals surface area (Å²) in [7, 11) is 0. The van der Waals surface area contributed by atoms with Gasteiger partial charge in [-0.3, -0.25) is 9.59 Å². The molecule has 0 spiro atoms. The van der Waals surface area contributed by atoms with Crippen LogP contribution in [-0.4, -0.2) is 18.4 Å². The molecule has 1 aliphatic rings. The average Bonchev–Trinajstić information content (AvgIpc) is 3.23. The molecule has 124 valence electrons. The van der Waals surface area contributed by atoms with Crippen LogP contribution in [0, 0.1) is 0 Å². The molecule has 0 unspecified atom stereocenters. The van der Waals surface area contributed by atoms with E-state index in [0.717, 1.165) is 16.5 Å². The highest BCUT2D eigenvalue weighted by Crippen LogP contribution is 2.40. The number of nitrogens with one attached hydrogen (secondary N) is 1. The van der Waals surface area contributed by atoms with Crippen molar-refractivity contribution in [1.29, 1.82) is 0 Å². The first kappa shape index (κ1) is 15.2. The van der Waals surface area contributed by atoms with E-state index < -0.39 is 0 Å². The van der Waals surface area contributed by atoms with Gasteiger partial charge in [-0.2, -0.15) is 0 Å². The minimum Gasteiger partial charge on any atom is -0.465 e. The van der Waals surface area contributed by atoms with Gasteiger partial charge in [0.25, 0.3) is 5.91 Å². The van der Waals surface area contributed by atoms with Crippen LogP contribution in [-0.2, 0) is 4.79 Å². The lowest BCUT2D eigenvalue weighted by molar-refractivity contribution is -0.111. The largest absolute Gasteiger partial charge is 0.465 e. The van der Waals surface area contributed by atoms with Crippen LogP contribution in [0.25, 0.3) is 16.8 Å². The van der Waals surface area contributed by atoms with Crippen molar-refractivity contribution in [1.82, 2.24) is 0 Å². The smallest absolute Gasteiger partial charge is 0.258 e. The zero-order valence-corrected chi connectivity index (χ0v) is 13.7. The maximum Gasteiger partial charge on any atom is 0.258 e. The molecule has 0 fully saturated rings. The Morgan fingerprint density at radius 3 is 2.84 bits per heavy atom. The Balaban J connectivity index is 1.69. The molecule has 0 atom stereocenters. The molecule has 2 amide bonds. The highest BCUT2D eigenvalue weighted by Gasteiger charge is 2.29. The normalized spacial score (nSPS) is 13.2. The number of nitrogens with zero attached hydrogens (tertiary/aromatic N) is 1. The molecule has 25 heavy (non-hydrogen) atoms. The number of benzene rings is 2. The molecule has 0 saturated heterocycles. The Morgan fingerprint density at radius 2 is 2.08 bits per heavy atom. The van der Waals surface area contributed by atoms with E-state index in [2.05, 4.69) is 5.32 Å². The van der Waals surface area contributed by atoms with E-state index in [0.29, 0.717) is 23.6 Å².